The van der Waals surface area contributed by atoms with Crippen molar-refractivity contribution < 1.29 is 13.2 Å². The van der Waals surface area contributed by atoms with Gasteiger partial charge in [0.25, 0.3) is 5.91 Å². The van der Waals surface area contributed by atoms with Crippen molar-refractivity contribution in [2.75, 3.05) is 23.1 Å². The predicted molar refractivity (Wildman–Crippen MR) is 111 cm³/mol. The Morgan fingerprint density at radius 2 is 1.85 bits per heavy atom. The number of carbonyl (C=O) groups excluding carboxylic acids is 1. The molecule has 0 aliphatic heterocycles. The summed E-state index contributed by atoms with van der Waals surface area (Å²) in [6.45, 7) is 0. The molecule has 0 aliphatic carbocycles. The SMILES string of the molecule is CSc1cccc(NC(=O)c2csc(Nc3ccc(S(C)(=O)=O)cc3)n2)c1. The summed E-state index contributed by atoms with van der Waals surface area (Å²) in [6.07, 6.45) is 3.14. The van der Waals surface area contributed by atoms with E-state index in [9.17, 15) is 13.2 Å². The van der Waals surface area contributed by atoms with Crippen LogP contribution in [-0.4, -0.2) is 31.8 Å². The van der Waals surface area contributed by atoms with Crippen LogP contribution in [0.25, 0.3) is 0 Å². The van der Waals surface area contributed by atoms with E-state index < -0.39 is 9.84 Å². The molecule has 140 valence electrons. The Balaban J connectivity index is 1.68. The van der Waals surface area contributed by atoms with E-state index in [4.69, 9.17) is 0 Å². The van der Waals surface area contributed by atoms with Gasteiger partial charge in [-0.1, -0.05) is 6.07 Å². The van der Waals surface area contributed by atoms with Crippen molar-refractivity contribution in [2.45, 2.75) is 9.79 Å². The van der Waals surface area contributed by atoms with E-state index in [2.05, 4.69) is 15.6 Å². The molecule has 0 atom stereocenters. The number of thioether (sulfide) groups is 1. The van der Waals surface area contributed by atoms with E-state index in [1.54, 1.807) is 29.3 Å². The Labute approximate surface area is 166 Å². The number of aromatic nitrogens is 1. The minimum atomic E-state index is -3.23. The van der Waals surface area contributed by atoms with E-state index in [1.165, 1.54) is 23.5 Å². The van der Waals surface area contributed by atoms with Gasteiger partial charge in [-0.2, -0.15) is 0 Å². The van der Waals surface area contributed by atoms with Gasteiger partial charge in [-0.05, 0) is 48.7 Å². The van der Waals surface area contributed by atoms with E-state index in [0.29, 0.717) is 22.2 Å². The fraction of sp³-hybridized carbons (Fsp3) is 0.111. The first kappa shape index (κ1) is 19.4. The molecule has 0 saturated carbocycles. The minimum Gasteiger partial charge on any atom is -0.332 e. The summed E-state index contributed by atoms with van der Waals surface area (Å²) in [6, 6.07) is 14.0. The average Bonchev–Trinajstić information content (AvgIpc) is 3.10. The normalized spacial score (nSPS) is 11.2. The van der Waals surface area contributed by atoms with Crippen molar-refractivity contribution in [1.82, 2.24) is 4.98 Å². The maximum Gasteiger partial charge on any atom is 0.275 e. The van der Waals surface area contributed by atoms with Crippen molar-refractivity contribution in [3.63, 3.8) is 0 Å². The zero-order valence-electron chi connectivity index (χ0n) is 14.6. The fourth-order valence-corrected chi connectivity index (χ4v) is 4.04. The van der Waals surface area contributed by atoms with Crippen LogP contribution in [0.4, 0.5) is 16.5 Å². The Kier molecular flexibility index (Phi) is 5.83. The lowest BCUT2D eigenvalue weighted by atomic mass is 10.3. The maximum atomic E-state index is 12.4. The molecule has 0 fully saturated rings. The standard InChI is InChI=1S/C18H17N3O3S3/c1-25-14-5-3-4-13(10-14)19-17(22)16-11-26-18(21-16)20-12-6-8-15(9-7-12)27(2,23)24/h3-11H,1-2H3,(H,19,22)(H,20,21). The number of amides is 1. The molecule has 0 aliphatic rings. The van der Waals surface area contributed by atoms with E-state index in [1.807, 2.05) is 30.5 Å². The van der Waals surface area contributed by atoms with Gasteiger partial charge in [0.05, 0.1) is 4.90 Å². The molecular formula is C18H17N3O3S3. The number of hydrogen-bond acceptors (Lipinski definition) is 7. The first-order valence-corrected chi connectivity index (χ1v) is 11.8. The Bertz CT molecular complexity index is 1060. The van der Waals surface area contributed by atoms with Crippen LogP contribution in [0, 0.1) is 0 Å². The highest BCUT2D eigenvalue weighted by Gasteiger charge is 2.12. The Hall–Kier alpha value is -2.36. The number of sulfone groups is 1. The lowest BCUT2D eigenvalue weighted by Crippen LogP contribution is -2.12. The number of rotatable bonds is 6. The molecule has 1 amide bonds. The van der Waals surface area contributed by atoms with Crippen molar-refractivity contribution in [1.29, 1.82) is 0 Å². The largest absolute Gasteiger partial charge is 0.332 e. The zero-order valence-corrected chi connectivity index (χ0v) is 17.0. The number of nitrogens with zero attached hydrogens (tertiary/aromatic N) is 1. The molecule has 0 spiro atoms. The second kappa shape index (κ2) is 8.12. The van der Waals surface area contributed by atoms with Crippen LogP contribution in [0.15, 0.2) is 63.7 Å². The lowest BCUT2D eigenvalue weighted by molar-refractivity contribution is 0.102. The van der Waals surface area contributed by atoms with Crippen molar-refractivity contribution in [3.8, 4) is 0 Å². The molecule has 9 heteroatoms. The van der Waals surface area contributed by atoms with Crippen molar-refractivity contribution in [2.24, 2.45) is 0 Å². The van der Waals surface area contributed by atoms with Crippen LogP contribution in [0.1, 0.15) is 10.5 Å². The van der Waals surface area contributed by atoms with E-state index in [0.717, 1.165) is 11.2 Å². The summed E-state index contributed by atoms with van der Waals surface area (Å²) in [4.78, 5) is 18.0. The second-order valence-corrected chi connectivity index (χ2v) is 9.40. The van der Waals surface area contributed by atoms with Gasteiger partial charge in [0.15, 0.2) is 15.0 Å². The number of nitrogens with one attached hydrogen (secondary N) is 2. The van der Waals surface area contributed by atoms with Gasteiger partial charge >= 0.3 is 0 Å². The Morgan fingerprint density at radius 1 is 1.11 bits per heavy atom. The summed E-state index contributed by atoms with van der Waals surface area (Å²) in [5.41, 5.74) is 1.71. The smallest absolute Gasteiger partial charge is 0.275 e. The molecule has 3 aromatic rings. The molecular weight excluding hydrogens is 402 g/mol. The van der Waals surface area contributed by atoms with Crippen molar-refractivity contribution in [3.05, 3.63) is 59.6 Å². The van der Waals surface area contributed by atoms with E-state index >= 15 is 0 Å². The van der Waals surface area contributed by atoms with Crippen molar-refractivity contribution >= 4 is 55.3 Å². The molecule has 1 aromatic heterocycles. The highest BCUT2D eigenvalue weighted by Crippen LogP contribution is 2.24. The number of thiazole rings is 1. The highest BCUT2D eigenvalue weighted by molar-refractivity contribution is 7.98. The number of anilines is 3. The number of hydrogen-bond donors (Lipinski definition) is 2. The third-order valence-corrected chi connectivity index (χ3v) is 6.21. The van der Waals surface area contributed by atoms with Crippen LogP contribution < -0.4 is 10.6 Å². The molecule has 0 saturated heterocycles. The predicted octanol–water partition coefficient (Wildman–Crippen LogP) is 4.26. The lowest BCUT2D eigenvalue weighted by Gasteiger charge is -2.05. The molecule has 6 nitrogen and oxygen atoms in total. The van der Waals surface area contributed by atoms with Crippen LogP contribution in [0.2, 0.25) is 0 Å². The number of benzene rings is 2. The molecule has 0 bridgehead atoms. The Morgan fingerprint density at radius 3 is 2.52 bits per heavy atom. The third kappa shape index (κ3) is 5.09. The quantitative estimate of drug-likeness (QED) is 0.580. The van der Waals surface area contributed by atoms with E-state index in [-0.39, 0.29) is 10.8 Å². The molecule has 2 aromatic carbocycles. The second-order valence-electron chi connectivity index (χ2n) is 5.65. The molecule has 2 N–H and O–H groups in total. The molecule has 27 heavy (non-hydrogen) atoms. The third-order valence-electron chi connectivity index (χ3n) is 3.60. The van der Waals surface area contributed by atoms with Gasteiger partial charge in [0, 0.05) is 27.9 Å². The first-order chi connectivity index (χ1) is 12.8. The fourth-order valence-electron chi connectivity index (χ4n) is 2.24. The average molecular weight is 420 g/mol. The van der Waals surface area contributed by atoms with Crippen LogP contribution >= 0.6 is 23.1 Å². The highest BCUT2D eigenvalue weighted by atomic mass is 32.2. The molecule has 1 heterocycles. The monoisotopic (exact) mass is 419 g/mol. The van der Waals surface area contributed by atoms with Crippen LogP contribution in [-0.2, 0) is 9.84 Å². The van der Waals surface area contributed by atoms with Gasteiger partial charge < -0.3 is 10.6 Å². The van der Waals surface area contributed by atoms with Gasteiger partial charge in [-0.15, -0.1) is 23.1 Å². The topological polar surface area (TPSA) is 88.2 Å². The first-order valence-electron chi connectivity index (χ1n) is 7.83. The molecule has 0 unspecified atom stereocenters. The summed E-state index contributed by atoms with van der Waals surface area (Å²) in [5, 5.41) is 8.11. The number of carbonyl (C=O) groups is 1. The maximum absolute atomic E-state index is 12.4. The summed E-state index contributed by atoms with van der Waals surface area (Å²) in [5.74, 6) is -0.287. The van der Waals surface area contributed by atoms with Crippen LogP contribution in [0.5, 0.6) is 0 Å². The summed E-state index contributed by atoms with van der Waals surface area (Å²) in [7, 11) is -3.23. The minimum absolute atomic E-state index is 0.250. The van der Waals surface area contributed by atoms with Gasteiger partial charge in [0.1, 0.15) is 5.69 Å². The van der Waals surface area contributed by atoms with Gasteiger partial charge in [-0.3, -0.25) is 4.79 Å². The zero-order chi connectivity index (χ0) is 19.4. The van der Waals surface area contributed by atoms with Crippen LogP contribution in [0.3, 0.4) is 0 Å². The molecule has 0 radical (unpaired) electrons. The summed E-state index contributed by atoms with van der Waals surface area (Å²) >= 11 is 2.90. The molecule has 3 rings (SSSR count). The van der Waals surface area contributed by atoms with Gasteiger partial charge in [-0.25, -0.2) is 13.4 Å². The summed E-state index contributed by atoms with van der Waals surface area (Å²) < 4.78 is 23.0. The van der Waals surface area contributed by atoms with Gasteiger partial charge in [0.2, 0.25) is 0 Å².